The molecule has 5 rings (SSSR count). The van der Waals surface area contributed by atoms with Gasteiger partial charge in [-0.3, -0.25) is 14.4 Å². The van der Waals surface area contributed by atoms with Crippen LogP contribution in [0, 0.1) is 24.6 Å². The summed E-state index contributed by atoms with van der Waals surface area (Å²) in [7, 11) is 0. The first-order valence-corrected chi connectivity index (χ1v) is 11.9. The Hall–Kier alpha value is -3.53. The van der Waals surface area contributed by atoms with E-state index in [0.29, 0.717) is 5.76 Å². The zero-order valence-corrected chi connectivity index (χ0v) is 20.8. The number of anilines is 1. The van der Waals surface area contributed by atoms with E-state index in [9.17, 15) is 18.8 Å². The molecule has 1 spiro atoms. The van der Waals surface area contributed by atoms with Crippen molar-refractivity contribution in [3.05, 3.63) is 59.6 Å². The molecular weight excluding hydrogens is 467 g/mol. The second-order valence-electron chi connectivity index (χ2n) is 10.9. The van der Waals surface area contributed by atoms with Crippen molar-refractivity contribution >= 4 is 23.5 Å². The Morgan fingerprint density at radius 3 is 2.56 bits per heavy atom. The van der Waals surface area contributed by atoms with Gasteiger partial charge >= 0.3 is 0 Å². The van der Waals surface area contributed by atoms with Crippen LogP contribution in [-0.2, 0) is 25.7 Å². The molecule has 3 aliphatic heterocycles. The number of ether oxygens (including phenoxy) is 1. The molecule has 3 amide bonds. The molecule has 10 heteroatoms. The fourth-order valence-electron chi connectivity index (χ4n) is 5.68. The van der Waals surface area contributed by atoms with E-state index in [1.54, 1.807) is 50.3 Å². The first-order valence-electron chi connectivity index (χ1n) is 11.9. The van der Waals surface area contributed by atoms with Gasteiger partial charge in [-0.15, -0.1) is 0 Å². The van der Waals surface area contributed by atoms with Crippen LogP contribution in [0.25, 0.3) is 0 Å². The van der Waals surface area contributed by atoms with E-state index in [1.165, 1.54) is 11.0 Å². The number of carbonyl (C=O) groups excluding carboxylic acids is 3. The number of likely N-dealkylation sites (tertiary alicyclic amines) is 1. The van der Waals surface area contributed by atoms with Crippen LogP contribution in [0.2, 0.25) is 0 Å². The van der Waals surface area contributed by atoms with Gasteiger partial charge in [0.1, 0.15) is 23.2 Å². The molecule has 2 bridgehead atoms. The monoisotopic (exact) mass is 496 g/mol. The summed E-state index contributed by atoms with van der Waals surface area (Å²) in [6, 6.07) is 6.57. The molecule has 9 nitrogen and oxygen atoms in total. The van der Waals surface area contributed by atoms with Crippen molar-refractivity contribution in [2.24, 2.45) is 11.8 Å². The van der Waals surface area contributed by atoms with Gasteiger partial charge in [-0.2, -0.15) is 0 Å². The second-order valence-corrected chi connectivity index (χ2v) is 10.9. The van der Waals surface area contributed by atoms with Crippen LogP contribution >= 0.6 is 0 Å². The van der Waals surface area contributed by atoms with Crippen molar-refractivity contribution in [2.45, 2.75) is 63.9 Å². The summed E-state index contributed by atoms with van der Waals surface area (Å²) in [6.07, 6.45) is 3.45. The average molecular weight is 497 g/mol. The Balaban J connectivity index is 1.56. The average Bonchev–Trinajstić information content (AvgIpc) is 3.46. The molecule has 1 aromatic carbocycles. The lowest BCUT2D eigenvalue weighted by Crippen LogP contribution is -2.57. The Morgan fingerprint density at radius 1 is 1.19 bits per heavy atom. The maximum atomic E-state index is 14.6. The topological polar surface area (TPSA) is 114 Å². The molecule has 0 aliphatic carbocycles. The van der Waals surface area contributed by atoms with Crippen molar-refractivity contribution in [3.63, 3.8) is 0 Å². The molecular formula is C26H29FN4O5. The summed E-state index contributed by atoms with van der Waals surface area (Å²) in [5.41, 5.74) is -2.83. The lowest BCUT2D eigenvalue weighted by molar-refractivity contribution is -0.145. The van der Waals surface area contributed by atoms with Gasteiger partial charge in [0.15, 0.2) is 5.82 Å². The normalized spacial score (nSPS) is 30.6. The molecule has 1 aromatic heterocycles. The van der Waals surface area contributed by atoms with Gasteiger partial charge in [0.2, 0.25) is 17.7 Å². The highest BCUT2D eigenvalue weighted by molar-refractivity contribution is 6.03. The van der Waals surface area contributed by atoms with Crippen molar-refractivity contribution in [1.29, 1.82) is 0 Å². The Bertz CT molecular complexity index is 1280. The number of halogens is 1. The van der Waals surface area contributed by atoms with E-state index in [2.05, 4.69) is 15.8 Å². The van der Waals surface area contributed by atoms with E-state index >= 15 is 0 Å². The Morgan fingerprint density at radius 2 is 1.92 bits per heavy atom. The quantitative estimate of drug-likeness (QED) is 0.616. The summed E-state index contributed by atoms with van der Waals surface area (Å²) in [5, 5.41) is 9.46. The van der Waals surface area contributed by atoms with Crippen molar-refractivity contribution in [3.8, 4) is 0 Å². The molecule has 4 heterocycles. The fraction of sp³-hybridized carbons (Fsp3) is 0.462. The lowest BCUT2D eigenvalue weighted by atomic mass is 9.70. The van der Waals surface area contributed by atoms with Crippen molar-refractivity contribution in [2.75, 3.05) is 5.32 Å². The summed E-state index contributed by atoms with van der Waals surface area (Å²) >= 11 is 0. The number of hydrogen-bond donors (Lipinski definition) is 2. The highest BCUT2D eigenvalue weighted by Gasteiger charge is 2.76. The SMILES string of the molecule is Cc1cc(NC(=O)[C@@H]2[C@@H]3C(=O)N(Cc4ccccc4F)[C@H](C(=O)NC(C)(C)C)[C@@]34C=C[C@]2(C)O4)no1. The molecule has 3 aliphatic rings. The molecule has 2 fully saturated rings. The molecule has 0 radical (unpaired) electrons. The van der Waals surface area contributed by atoms with Gasteiger partial charge in [-0.1, -0.05) is 35.5 Å². The number of carbonyl (C=O) groups is 3. The number of hydrogen-bond acceptors (Lipinski definition) is 6. The molecule has 190 valence electrons. The molecule has 2 saturated heterocycles. The van der Waals surface area contributed by atoms with E-state index in [4.69, 9.17) is 9.26 Å². The van der Waals surface area contributed by atoms with Crippen molar-refractivity contribution in [1.82, 2.24) is 15.4 Å². The van der Waals surface area contributed by atoms with Crippen LogP contribution in [0.5, 0.6) is 0 Å². The minimum Gasteiger partial charge on any atom is -0.360 e. The van der Waals surface area contributed by atoms with Gasteiger partial charge < -0.3 is 24.8 Å². The third-order valence-electron chi connectivity index (χ3n) is 7.00. The van der Waals surface area contributed by atoms with Gasteiger partial charge in [0.25, 0.3) is 0 Å². The minimum absolute atomic E-state index is 0.142. The lowest BCUT2D eigenvalue weighted by Gasteiger charge is -2.35. The zero-order chi connectivity index (χ0) is 26.0. The summed E-state index contributed by atoms with van der Waals surface area (Å²) in [5.74, 6) is -3.03. The highest BCUT2D eigenvalue weighted by atomic mass is 19.1. The molecule has 5 atom stereocenters. The highest BCUT2D eigenvalue weighted by Crippen LogP contribution is 2.60. The molecule has 0 unspecified atom stereocenters. The maximum absolute atomic E-state index is 14.6. The van der Waals surface area contributed by atoms with E-state index in [-0.39, 0.29) is 17.9 Å². The summed E-state index contributed by atoms with van der Waals surface area (Å²) < 4.78 is 26.1. The summed E-state index contributed by atoms with van der Waals surface area (Å²) in [6.45, 7) is 8.77. The van der Waals surface area contributed by atoms with Crippen LogP contribution in [-0.4, -0.2) is 50.6 Å². The van der Waals surface area contributed by atoms with Gasteiger partial charge in [-0.25, -0.2) is 4.39 Å². The third kappa shape index (κ3) is 3.71. The predicted molar refractivity (Wildman–Crippen MR) is 127 cm³/mol. The summed E-state index contributed by atoms with van der Waals surface area (Å²) in [4.78, 5) is 42.5. The second kappa shape index (κ2) is 7.99. The largest absolute Gasteiger partial charge is 0.360 e. The first-order chi connectivity index (χ1) is 16.8. The zero-order valence-electron chi connectivity index (χ0n) is 20.8. The van der Waals surface area contributed by atoms with Gasteiger partial charge in [0, 0.05) is 23.7 Å². The Kier molecular flexibility index (Phi) is 5.37. The molecule has 2 aromatic rings. The van der Waals surface area contributed by atoms with E-state index < -0.39 is 58.2 Å². The number of rotatable bonds is 5. The maximum Gasteiger partial charge on any atom is 0.246 e. The van der Waals surface area contributed by atoms with Crippen molar-refractivity contribution < 1.29 is 28.0 Å². The van der Waals surface area contributed by atoms with Crippen LogP contribution < -0.4 is 10.6 Å². The smallest absolute Gasteiger partial charge is 0.246 e. The van der Waals surface area contributed by atoms with Gasteiger partial charge in [-0.05, 0) is 40.7 Å². The predicted octanol–water partition coefficient (Wildman–Crippen LogP) is 2.72. The number of benzene rings is 1. The number of nitrogens with one attached hydrogen (secondary N) is 2. The molecule has 0 saturated carbocycles. The first kappa shape index (κ1) is 24.2. The van der Waals surface area contributed by atoms with Crippen LogP contribution in [0.4, 0.5) is 10.2 Å². The molecule has 2 N–H and O–H groups in total. The Labute approximate surface area is 208 Å². The number of aromatic nitrogens is 1. The number of aryl methyl sites for hydroxylation is 1. The standard InChI is InChI=1S/C26H29FN4O5/c1-14-12-17(30-35-14)28-21(32)18-19-23(34)31(13-15-8-6-7-9-16(15)27)20(22(33)29-24(2,3)4)26(19)11-10-25(18,5)36-26/h6-12,18-20H,13H2,1-5H3,(H,29,33)(H,28,30,32)/t18-,19+,20+,25-,26+/m0/s1. The van der Waals surface area contributed by atoms with Gasteiger partial charge in [0.05, 0.1) is 17.4 Å². The van der Waals surface area contributed by atoms with Crippen LogP contribution in [0.15, 0.2) is 47.0 Å². The van der Waals surface area contributed by atoms with E-state index in [1.807, 2.05) is 20.8 Å². The number of nitrogens with zero attached hydrogens (tertiary/aromatic N) is 2. The number of fused-ring (bicyclic) bond motifs is 1. The fourth-order valence-corrected chi connectivity index (χ4v) is 5.68. The molecule has 36 heavy (non-hydrogen) atoms. The van der Waals surface area contributed by atoms with E-state index in [0.717, 1.165) is 0 Å². The van der Waals surface area contributed by atoms with Crippen LogP contribution in [0.1, 0.15) is 39.0 Å². The van der Waals surface area contributed by atoms with Crippen LogP contribution in [0.3, 0.4) is 0 Å². The minimum atomic E-state index is -1.38. The number of amides is 3. The third-order valence-corrected chi connectivity index (χ3v) is 7.00.